The highest BCUT2D eigenvalue weighted by atomic mass is 16.1. The Hall–Kier alpha value is -2.10. The van der Waals surface area contributed by atoms with Gasteiger partial charge in [-0.15, -0.1) is 0 Å². The Morgan fingerprint density at radius 3 is 2.45 bits per heavy atom. The fourth-order valence-corrected chi connectivity index (χ4v) is 2.27. The average molecular weight is 271 g/mol. The molecule has 0 atom stereocenters. The van der Waals surface area contributed by atoms with Crippen LogP contribution in [0.2, 0.25) is 0 Å². The molecule has 0 bridgehead atoms. The van der Waals surface area contributed by atoms with E-state index >= 15 is 0 Å². The van der Waals surface area contributed by atoms with Crippen molar-refractivity contribution >= 4 is 5.91 Å². The van der Waals surface area contributed by atoms with E-state index in [1.165, 1.54) is 5.56 Å². The molecule has 0 aliphatic carbocycles. The van der Waals surface area contributed by atoms with Crippen LogP contribution in [0.25, 0.3) is 0 Å². The molecule has 0 aliphatic rings. The predicted octanol–water partition coefficient (Wildman–Crippen LogP) is 2.73. The van der Waals surface area contributed by atoms with Crippen molar-refractivity contribution in [2.75, 3.05) is 6.54 Å². The number of benzene rings is 1. The van der Waals surface area contributed by atoms with Crippen molar-refractivity contribution in [1.29, 1.82) is 0 Å². The van der Waals surface area contributed by atoms with E-state index in [4.69, 9.17) is 0 Å². The number of aromatic nitrogens is 2. The van der Waals surface area contributed by atoms with Crippen molar-refractivity contribution in [2.45, 2.75) is 33.1 Å². The molecule has 4 nitrogen and oxygen atoms in total. The van der Waals surface area contributed by atoms with Gasteiger partial charge in [-0.25, -0.2) is 0 Å². The fraction of sp³-hybridized carbons (Fsp3) is 0.375. The Labute approximate surface area is 119 Å². The molecule has 0 fully saturated rings. The quantitative estimate of drug-likeness (QED) is 0.898. The Morgan fingerprint density at radius 2 is 1.90 bits per heavy atom. The van der Waals surface area contributed by atoms with Gasteiger partial charge in [0.1, 0.15) is 0 Å². The summed E-state index contributed by atoms with van der Waals surface area (Å²) < 4.78 is 0. The van der Waals surface area contributed by atoms with Crippen LogP contribution >= 0.6 is 0 Å². The molecular weight excluding hydrogens is 250 g/mol. The summed E-state index contributed by atoms with van der Waals surface area (Å²) in [6.07, 6.45) is 0. The minimum absolute atomic E-state index is 0.0715. The predicted molar refractivity (Wildman–Crippen MR) is 79.9 cm³/mol. The van der Waals surface area contributed by atoms with Crippen LogP contribution in [0.3, 0.4) is 0 Å². The molecule has 2 rings (SSSR count). The number of aryl methyl sites for hydroxylation is 2. The van der Waals surface area contributed by atoms with Crippen molar-refractivity contribution in [2.24, 2.45) is 0 Å². The molecule has 2 aromatic rings. The highest BCUT2D eigenvalue weighted by molar-refractivity contribution is 5.96. The maximum Gasteiger partial charge on any atom is 0.255 e. The summed E-state index contributed by atoms with van der Waals surface area (Å²) in [6.45, 7) is 8.52. The molecular formula is C16H21N3O. The van der Waals surface area contributed by atoms with Gasteiger partial charge in [0.2, 0.25) is 0 Å². The third-order valence-corrected chi connectivity index (χ3v) is 3.60. The summed E-state index contributed by atoms with van der Waals surface area (Å²) in [5.41, 5.74) is 3.28. The second-order valence-electron chi connectivity index (χ2n) is 5.74. The Balaban J connectivity index is 2.07. The average Bonchev–Trinajstić information content (AvgIpc) is 2.77. The number of H-pyrrole nitrogens is 1. The van der Waals surface area contributed by atoms with Gasteiger partial charge in [0.25, 0.3) is 5.91 Å². The van der Waals surface area contributed by atoms with Crippen LogP contribution < -0.4 is 5.32 Å². The third-order valence-electron chi connectivity index (χ3n) is 3.60. The van der Waals surface area contributed by atoms with Crippen LogP contribution in [0.5, 0.6) is 0 Å². The third kappa shape index (κ3) is 2.90. The molecule has 1 aromatic carbocycles. The van der Waals surface area contributed by atoms with Crippen molar-refractivity contribution in [1.82, 2.24) is 15.5 Å². The Morgan fingerprint density at radius 1 is 1.25 bits per heavy atom. The van der Waals surface area contributed by atoms with Crippen LogP contribution in [0.4, 0.5) is 0 Å². The second-order valence-corrected chi connectivity index (χ2v) is 5.74. The molecule has 1 heterocycles. The number of amides is 1. The van der Waals surface area contributed by atoms with Gasteiger partial charge in [-0.1, -0.05) is 44.2 Å². The maximum absolute atomic E-state index is 12.3. The largest absolute Gasteiger partial charge is 0.351 e. The van der Waals surface area contributed by atoms with E-state index in [0.29, 0.717) is 12.1 Å². The van der Waals surface area contributed by atoms with E-state index in [0.717, 1.165) is 11.4 Å². The molecule has 1 aromatic heterocycles. The number of carbonyl (C=O) groups is 1. The summed E-state index contributed by atoms with van der Waals surface area (Å²) >= 11 is 0. The molecule has 2 N–H and O–H groups in total. The van der Waals surface area contributed by atoms with E-state index in [9.17, 15) is 4.79 Å². The lowest BCUT2D eigenvalue weighted by Crippen LogP contribution is -2.37. The van der Waals surface area contributed by atoms with Crippen molar-refractivity contribution in [3.63, 3.8) is 0 Å². The van der Waals surface area contributed by atoms with Gasteiger partial charge in [0.05, 0.1) is 11.3 Å². The monoisotopic (exact) mass is 271 g/mol. The van der Waals surface area contributed by atoms with Crippen LogP contribution in [0.15, 0.2) is 30.3 Å². The standard InChI is InChI=1S/C16H21N3O/c1-11-14(12(2)19-18-11)15(20)17-10-16(3,4)13-8-6-5-7-9-13/h5-9H,10H2,1-4H3,(H,17,20)(H,18,19). The van der Waals surface area contributed by atoms with Crippen LogP contribution in [-0.2, 0) is 5.41 Å². The first-order valence-electron chi connectivity index (χ1n) is 6.77. The van der Waals surface area contributed by atoms with E-state index < -0.39 is 0 Å². The lowest BCUT2D eigenvalue weighted by atomic mass is 9.84. The molecule has 4 heteroatoms. The number of hydrogen-bond acceptors (Lipinski definition) is 2. The summed E-state index contributed by atoms with van der Waals surface area (Å²) in [6, 6.07) is 10.2. The van der Waals surface area contributed by atoms with E-state index in [1.54, 1.807) is 0 Å². The zero-order valence-corrected chi connectivity index (χ0v) is 12.4. The van der Waals surface area contributed by atoms with Crippen molar-refractivity contribution < 1.29 is 4.79 Å². The minimum atomic E-state index is -0.109. The number of aromatic amines is 1. The molecule has 0 aliphatic heterocycles. The molecule has 106 valence electrons. The van der Waals surface area contributed by atoms with E-state index in [2.05, 4.69) is 41.5 Å². The zero-order valence-electron chi connectivity index (χ0n) is 12.4. The second kappa shape index (κ2) is 5.49. The first-order valence-corrected chi connectivity index (χ1v) is 6.77. The first kappa shape index (κ1) is 14.3. The van der Waals surface area contributed by atoms with Gasteiger partial charge in [-0.05, 0) is 19.4 Å². The van der Waals surface area contributed by atoms with E-state index in [-0.39, 0.29) is 11.3 Å². The van der Waals surface area contributed by atoms with Crippen LogP contribution in [-0.4, -0.2) is 22.6 Å². The molecule has 0 unspecified atom stereocenters. The van der Waals surface area contributed by atoms with Gasteiger partial charge in [-0.2, -0.15) is 5.10 Å². The number of hydrogen-bond donors (Lipinski definition) is 2. The molecule has 1 amide bonds. The number of nitrogens with zero attached hydrogens (tertiary/aromatic N) is 1. The van der Waals surface area contributed by atoms with Gasteiger partial charge in [0.15, 0.2) is 0 Å². The first-order chi connectivity index (χ1) is 9.42. The highest BCUT2D eigenvalue weighted by Gasteiger charge is 2.23. The number of nitrogens with one attached hydrogen (secondary N) is 2. The fourth-order valence-electron chi connectivity index (χ4n) is 2.27. The van der Waals surface area contributed by atoms with Gasteiger partial charge >= 0.3 is 0 Å². The maximum atomic E-state index is 12.3. The van der Waals surface area contributed by atoms with Crippen LogP contribution in [0.1, 0.15) is 41.2 Å². The van der Waals surface area contributed by atoms with Gasteiger partial charge in [-0.3, -0.25) is 9.89 Å². The molecule has 0 saturated heterocycles. The topological polar surface area (TPSA) is 57.8 Å². The van der Waals surface area contributed by atoms with Gasteiger partial charge in [0, 0.05) is 17.7 Å². The van der Waals surface area contributed by atoms with E-state index in [1.807, 2.05) is 32.0 Å². The van der Waals surface area contributed by atoms with Crippen molar-refractivity contribution in [3.8, 4) is 0 Å². The molecule has 0 spiro atoms. The lowest BCUT2D eigenvalue weighted by molar-refractivity contribution is 0.0944. The number of rotatable bonds is 4. The molecule has 0 radical (unpaired) electrons. The summed E-state index contributed by atoms with van der Waals surface area (Å²) in [5, 5.41) is 9.90. The smallest absolute Gasteiger partial charge is 0.255 e. The SMILES string of the molecule is Cc1n[nH]c(C)c1C(=O)NCC(C)(C)c1ccccc1. The number of carbonyl (C=O) groups excluding carboxylic acids is 1. The normalized spacial score (nSPS) is 11.4. The van der Waals surface area contributed by atoms with Crippen molar-refractivity contribution in [3.05, 3.63) is 52.8 Å². The summed E-state index contributed by atoms with van der Waals surface area (Å²) in [7, 11) is 0. The Kier molecular flexibility index (Phi) is 3.93. The van der Waals surface area contributed by atoms with Crippen LogP contribution in [0, 0.1) is 13.8 Å². The lowest BCUT2D eigenvalue weighted by Gasteiger charge is -2.25. The summed E-state index contributed by atoms with van der Waals surface area (Å²) in [5.74, 6) is -0.0715. The molecule has 20 heavy (non-hydrogen) atoms. The zero-order chi connectivity index (χ0) is 14.8. The Bertz CT molecular complexity index is 580. The summed E-state index contributed by atoms with van der Waals surface area (Å²) in [4.78, 5) is 12.3. The minimum Gasteiger partial charge on any atom is -0.351 e. The van der Waals surface area contributed by atoms with Gasteiger partial charge < -0.3 is 5.32 Å². The molecule has 0 saturated carbocycles. The highest BCUT2D eigenvalue weighted by Crippen LogP contribution is 2.22.